The van der Waals surface area contributed by atoms with Crippen LogP contribution in [-0.4, -0.2) is 50.4 Å². The molecule has 4 rings (SSSR count). The maximum Gasteiger partial charge on any atom is 0.264 e. The van der Waals surface area contributed by atoms with Crippen LogP contribution < -0.4 is 14.4 Å². The number of aryl methyl sites for hydroxylation is 1. The Morgan fingerprint density at radius 2 is 1.66 bits per heavy atom. The summed E-state index contributed by atoms with van der Waals surface area (Å²) in [4.78, 5) is 29.3. The SMILES string of the molecule is CCOc1ccc(N(CC(=O)N(Cc2cccc(C)c2)[C@@H](CC)C(=O)NC2CCCCC2)S(=O)(=O)c2ccc(F)cc2)cc1. The number of hydrogen-bond acceptors (Lipinski definition) is 5. The molecule has 0 aliphatic heterocycles. The van der Waals surface area contributed by atoms with Crippen LogP contribution in [0.4, 0.5) is 10.1 Å². The largest absolute Gasteiger partial charge is 0.494 e. The highest BCUT2D eigenvalue weighted by molar-refractivity contribution is 7.92. The molecule has 0 heterocycles. The standard InChI is InChI=1S/C34H42FN3O5S/c1-4-32(34(40)36-28-12-7-6-8-13-28)37(23-26-11-9-10-25(3)22-26)33(39)24-38(29-16-18-30(19-17-29)43-5-2)44(41,42)31-20-14-27(35)15-21-31/h9-11,14-22,28,32H,4-8,12-13,23-24H2,1-3H3,(H,36,40)/t32-/m0/s1. The lowest BCUT2D eigenvalue weighted by atomic mass is 9.95. The van der Waals surface area contributed by atoms with Crippen molar-refractivity contribution in [2.75, 3.05) is 17.5 Å². The van der Waals surface area contributed by atoms with E-state index in [-0.39, 0.29) is 29.1 Å². The molecule has 0 aromatic heterocycles. The summed E-state index contributed by atoms with van der Waals surface area (Å²) in [5.41, 5.74) is 2.07. The van der Waals surface area contributed by atoms with Gasteiger partial charge in [0.15, 0.2) is 0 Å². The normalized spacial score (nSPS) is 14.5. The average molecular weight is 624 g/mol. The molecule has 3 aromatic rings. The molecule has 10 heteroatoms. The molecule has 1 saturated carbocycles. The lowest BCUT2D eigenvalue weighted by molar-refractivity contribution is -0.140. The van der Waals surface area contributed by atoms with Gasteiger partial charge in [0, 0.05) is 12.6 Å². The number of amides is 2. The number of sulfonamides is 1. The van der Waals surface area contributed by atoms with Gasteiger partial charge >= 0.3 is 0 Å². The average Bonchev–Trinajstić information content (AvgIpc) is 3.01. The fourth-order valence-corrected chi connectivity index (χ4v) is 7.02. The molecule has 1 atom stereocenters. The molecule has 2 amide bonds. The first-order chi connectivity index (χ1) is 21.1. The Morgan fingerprint density at radius 3 is 2.27 bits per heavy atom. The minimum absolute atomic E-state index is 0.0560. The van der Waals surface area contributed by atoms with Gasteiger partial charge < -0.3 is 15.0 Å². The van der Waals surface area contributed by atoms with Crippen molar-refractivity contribution in [2.24, 2.45) is 0 Å². The van der Waals surface area contributed by atoms with E-state index in [4.69, 9.17) is 4.74 Å². The van der Waals surface area contributed by atoms with Crippen LogP contribution in [0.25, 0.3) is 0 Å². The zero-order chi connectivity index (χ0) is 31.7. The Balaban J connectivity index is 1.71. The Labute approximate surface area is 260 Å². The molecule has 0 bridgehead atoms. The van der Waals surface area contributed by atoms with Gasteiger partial charge in [0.25, 0.3) is 10.0 Å². The van der Waals surface area contributed by atoms with Crippen molar-refractivity contribution in [2.45, 2.75) is 82.8 Å². The Bertz CT molecular complexity index is 1510. The predicted molar refractivity (Wildman–Crippen MR) is 169 cm³/mol. The molecular formula is C34H42FN3O5S. The van der Waals surface area contributed by atoms with E-state index in [9.17, 15) is 22.4 Å². The summed E-state index contributed by atoms with van der Waals surface area (Å²) in [7, 11) is -4.30. The minimum atomic E-state index is -4.30. The molecule has 1 aliphatic carbocycles. The van der Waals surface area contributed by atoms with Gasteiger partial charge in [-0.1, -0.05) is 56.0 Å². The van der Waals surface area contributed by atoms with E-state index in [2.05, 4.69) is 5.32 Å². The second-order valence-corrected chi connectivity index (χ2v) is 13.0. The molecule has 1 fully saturated rings. The number of carbonyl (C=O) groups excluding carboxylic acids is 2. The molecule has 8 nitrogen and oxygen atoms in total. The molecule has 0 saturated heterocycles. The van der Waals surface area contributed by atoms with Crippen molar-refractivity contribution in [3.63, 3.8) is 0 Å². The maximum atomic E-state index is 14.3. The highest BCUT2D eigenvalue weighted by Gasteiger charge is 2.34. The third-order valence-corrected chi connectivity index (χ3v) is 9.68. The first kappa shape index (κ1) is 33.0. The first-order valence-corrected chi connectivity index (χ1v) is 16.7. The Kier molecular flexibility index (Phi) is 11.4. The quantitative estimate of drug-likeness (QED) is 0.253. The zero-order valence-corrected chi connectivity index (χ0v) is 26.5. The fourth-order valence-electron chi connectivity index (χ4n) is 5.61. The molecule has 44 heavy (non-hydrogen) atoms. The number of anilines is 1. The maximum absolute atomic E-state index is 14.3. The fraction of sp³-hybridized carbons (Fsp3) is 0.412. The summed E-state index contributed by atoms with van der Waals surface area (Å²) in [5, 5.41) is 3.15. The number of nitrogens with zero attached hydrogens (tertiary/aromatic N) is 2. The van der Waals surface area contributed by atoms with Gasteiger partial charge in [-0.15, -0.1) is 0 Å². The third-order valence-electron chi connectivity index (χ3n) is 7.89. The van der Waals surface area contributed by atoms with Crippen LogP contribution in [0.1, 0.15) is 63.5 Å². The van der Waals surface area contributed by atoms with Crippen LogP contribution in [-0.2, 0) is 26.2 Å². The highest BCUT2D eigenvalue weighted by Crippen LogP contribution is 2.27. The molecule has 3 aromatic carbocycles. The van der Waals surface area contributed by atoms with Crippen LogP contribution in [0.5, 0.6) is 5.75 Å². The van der Waals surface area contributed by atoms with E-state index in [1.54, 1.807) is 24.3 Å². The number of nitrogens with one attached hydrogen (secondary N) is 1. The van der Waals surface area contributed by atoms with Gasteiger partial charge in [-0.3, -0.25) is 13.9 Å². The van der Waals surface area contributed by atoms with Gasteiger partial charge in [0.05, 0.1) is 17.2 Å². The van der Waals surface area contributed by atoms with Crippen LogP contribution in [0.2, 0.25) is 0 Å². The number of hydrogen-bond donors (Lipinski definition) is 1. The highest BCUT2D eigenvalue weighted by atomic mass is 32.2. The van der Waals surface area contributed by atoms with Gasteiger partial charge in [-0.05, 0) is 87.2 Å². The number of rotatable bonds is 13. The predicted octanol–water partition coefficient (Wildman–Crippen LogP) is 5.98. The van der Waals surface area contributed by atoms with E-state index in [1.807, 2.05) is 45.0 Å². The van der Waals surface area contributed by atoms with Crippen molar-refractivity contribution in [1.82, 2.24) is 10.2 Å². The molecule has 1 aliphatic rings. The van der Waals surface area contributed by atoms with Gasteiger partial charge in [-0.25, -0.2) is 12.8 Å². The summed E-state index contributed by atoms with van der Waals surface area (Å²) in [6.45, 7) is 5.64. The third kappa shape index (κ3) is 8.37. The van der Waals surface area contributed by atoms with Crippen LogP contribution in [0, 0.1) is 12.7 Å². The molecular weight excluding hydrogens is 581 g/mol. The van der Waals surface area contributed by atoms with Crippen LogP contribution >= 0.6 is 0 Å². The van der Waals surface area contributed by atoms with E-state index < -0.39 is 34.3 Å². The smallest absolute Gasteiger partial charge is 0.264 e. The van der Waals surface area contributed by atoms with E-state index >= 15 is 0 Å². The lowest BCUT2D eigenvalue weighted by Crippen LogP contribution is -2.54. The summed E-state index contributed by atoms with van der Waals surface area (Å²) in [6, 6.07) is 17.8. The van der Waals surface area contributed by atoms with Gasteiger partial charge in [0.2, 0.25) is 11.8 Å². The number of halogens is 1. The lowest BCUT2D eigenvalue weighted by Gasteiger charge is -2.34. The van der Waals surface area contributed by atoms with E-state index in [0.29, 0.717) is 18.8 Å². The Morgan fingerprint density at radius 1 is 0.977 bits per heavy atom. The number of benzene rings is 3. The second kappa shape index (κ2) is 15.2. The van der Waals surface area contributed by atoms with Crippen LogP contribution in [0.15, 0.2) is 77.7 Å². The van der Waals surface area contributed by atoms with Crippen molar-refractivity contribution in [1.29, 1.82) is 0 Å². The molecule has 0 unspecified atom stereocenters. The zero-order valence-electron chi connectivity index (χ0n) is 25.7. The van der Waals surface area contributed by atoms with Crippen molar-refractivity contribution >= 4 is 27.5 Å². The number of ether oxygens (including phenoxy) is 1. The Hall–Kier alpha value is -3.92. The first-order valence-electron chi connectivity index (χ1n) is 15.3. The summed E-state index contributed by atoms with van der Waals surface area (Å²) < 4.78 is 48.2. The van der Waals surface area contributed by atoms with Crippen molar-refractivity contribution in [3.8, 4) is 5.75 Å². The second-order valence-electron chi connectivity index (χ2n) is 11.2. The van der Waals surface area contributed by atoms with Crippen molar-refractivity contribution < 1.29 is 27.1 Å². The molecule has 236 valence electrons. The summed E-state index contributed by atoms with van der Waals surface area (Å²) in [6.07, 6.45) is 5.39. The monoisotopic (exact) mass is 623 g/mol. The molecule has 1 N–H and O–H groups in total. The van der Waals surface area contributed by atoms with Gasteiger partial charge in [0.1, 0.15) is 24.2 Å². The van der Waals surface area contributed by atoms with E-state index in [0.717, 1.165) is 59.7 Å². The van der Waals surface area contributed by atoms with E-state index in [1.165, 1.54) is 17.0 Å². The van der Waals surface area contributed by atoms with Gasteiger partial charge in [-0.2, -0.15) is 0 Å². The topological polar surface area (TPSA) is 96.0 Å². The molecule has 0 radical (unpaired) electrons. The summed E-state index contributed by atoms with van der Waals surface area (Å²) in [5.74, 6) is -0.800. The minimum Gasteiger partial charge on any atom is -0.494 e. The van der Waals surface area contributed by atoms with Crippen LogP contribution in [0.3, 0.4) is 0 Å². The van der Waals surface area contributed by atoms with Crippen molar-refractivity contribution in [3.05, 3.63) is 89.7 Å². The summed E-state index contributed by atoms with van der Waals surface area (Å²) >= 11 is 0. The molecule has 0 spiro atoms. The number of carbonyl (C=O) groups is 2.